The Balaban J connectivity index is 2.30. The van der Waals surface area contributed by atoms with Crippen LogP contribution in [-0.2, 0) is 0 Å². The molecule has 0 amide bonds. The van der Waals surface area contributed by atoms with Crippen LogP contribution in [0.15, 0.2) is 6.33 Å². The summed E-state index contributed by atoms with van der Waals surface area (Å²) in [5, 5.41) is 4.22. The van der Waals surface area contributed by atoms with Gasteiger partial charge in [-0.1, -0.05) is 0 Å². The quantitative estimate of drug-likeness (QED) is 0.692. The molecular formula is C10H13N5. The molecule has 0 bridgehead atoms. The molecule has 78 valence electrons. The van der Waals surface area contributed by atoms with Crippen LogP contribution in [0.5, 0.6) is 0 Å². The Hall–Kier alpha value is -1.65. The summed E-state index contributed by atoms with van der Waals surface area (Å²) in [6, 6.07) is 0. The average molecular weight is 203 g/mol. The molecule has 0 N–H and O–H groups in total. The molecule has 0 atom stereocenters. The van der Waals surface area contributed by atoms with E-state index in [0.717, 1.165) is 24.6 Å². The molecule has 3 heterocycles. The molecule has 1 aliphatic heterocycles. The molecule has 0 saturated carbocycles. The average Bonchev–Trinajstić information content (AvgIpc) is 2.56. The van der Waals surface area contributed by atoms with Crippen molar-refractivity contribution in [3.8, 4) is 0 Å². The van der Waals surface area contributed by atoms with Crippen LogP contribution in [0.4, 0.5) is 5.82 Å². The number of nitrogens with zero attached hydrogens (tertiary/aromatic N) is 5. The van der Waals surface area contributed by atoms with Crippen molar-refractivity contribution < 1.29 is 0 Å². The molecule has 15 heavy (non-hydrogen) atoms. The zero-order valence-electron chi connectivity index (χ0n) is 8.93. The van der Waals surface area contributed by atoms with E-state index < -0.39 is 0 Å². The smallest absolute Gasteiger partial charge is 0.254 e. The predicted octanol–water partition coefficient (Wildman–Crippen LogP) is 0.951. The first kappa shape index (κ1) is 8.64. The fourth-order valence-electron chi connectivity index (χ4n) is 1.91. The number of hydrogen-bond donors (Lipinski definition) is 0. The normalized spacial score (nSPS) is 15.7. The first-order valence-corrected chi connectivity index (χ1v) is 5.19. The molecule has 2 aromatic rings. The number of hydrogen-bond acceptors (Lipinski definition) is 4. The highest BCUT2D eigenvalue weighted by Crippen LogP contribution is 2.25. The van der Waals surface area contributed by atoms with Crippen LogP contribution in [0.1, 0.15) is 17.7 Å². The van der Waals surface area contributed by atoms with E-state index in [1.54, 1.807) is 6.33 Å². The second kappa shape index (κ2) is 2.92. The van der Waals surface area contributed by atoms with Crippen LogP contribution in [-0.4, -0.2) is 32.7 Å². The van der Waals surface area contributed by atoms with Gasteiger partial charge in [-0.15, -0.1) is 0 Å². The number of aryl methyl sites for hydroxylation is 1. The third-order valence-electron chi connectivity index (χ3n) is 3.03. The van der Waals surface area contributed by atoms with Crippen molar-refractivity contribution in [1.29, 1.82) is 0 Å². The maximum atomic E-state index is 4.40. The lowest BCUT2D eigenvalue weighted by Gasteiger charge is -2.34. The van der Waals surface area contributed by atoms with Gasteiger partial charge in [0.15, 0.2) is 0 Å². The SMILES string of the molecule is Cc1nc2ncnn2c(N2CCC2)c1C. The van der Waals surface area contributed by atoms with Gasteiger partial charge in [-0.2, -0.15) is 14.6 Å². The maximum absolute atomic E-state index is 4.40. The molecule has 1 fully saturated rings. The van der Waals surface area contributed by atoms with E-state index in [1.807, 2.05) is 11.4 Å². The highest BCUT2D eigenvalue weighted by Gasteiger charge is 2.21. The first-order valence-electron chi connectivity index (χ1n) is 5.19. The second-order valence-electron chi connectivity index (χ2n) is 3.96. The van der Waals surface area contributed by atoms with Crippen molar-refractivity contribution in [1.82, 2.24) is 19.6 Å². The molecule has 1 aliphatic rings. The van der Waals surface area contributed by atoms with E-state index in [1.165, 1.54) is 12.0 Å². The second-order valence-corrected chi connectivity index (χ2v) is 3.96. The van der Waals surface area contributed by atoms with Crippen LogP contribution in [0.25, 0.3) is 5.78 Å². The topological polar surface area (TPSA) is 46.3 Å². The van der Waals surface area contributed by atoms with Gasteiger partial charge in [0.25, 0.3) is 5.78 Å². The Bertz CT molecular complexity index is 512. The monoisotopic (exact) mass is 203 g/mol. The summed E-state index contributed by atoms with van der Waals surface area (Å²) in [6.45, 7) is 6.34. The van der Waals surface area contributed by atoms with Crippen molar-refractivity contribution in [2.75, 3.05) is 18.0 Å². The van der Waals surface area contributed by atoms with Gasteiger partial charge in [-0.25, -0.2) is 4.98 Å². The molecule has 5 heteroatoms. The van der Waals surface area contributed by atoms with Crippen molar-refractivity contribution in [3.05, 3.63) is 17.6 Å². The minimum atomic E-state index is 0.694. The van der Waals surface area contributed by atoms with Gasteiger partial charge in [-0.05, 0) is 20.3 Å². The largest absolute Gasteiger partial charge is 0.356 e. The molecule has 1 saturated heterocycles. The molecule has 0 radical (unpaired) electrons. The number of aromatic nitrogens is 4. The lowest BCUT2D eigenvalue weighted by molar-refractivity contribution is 0.596. The fraction of sp³-hybridized carbons (Fsp3) is 0.500. The Labute approximate surface area is 87.8 Å². The summed E-state index contributed by atoms with van der Waals surface area (Å²) in [5.41, 5.74) is 2.24. The number of rotatable bonds is 1. The van der Waals surface area contributed by atoms with Crippen molar-refractivity contribution >= 4 is 11.6 Å². The molecule has 0 unspecified atom stereocenters. The van der Waals surface area contributed by atoms with Gasteiger partial charge in [0.2, 0.25) is 0 Å². The minimum absolute atomic E-state index is 0.694. The Morgan fingerprint density at radius 1 is 1.27 bits per heavy atom. The summed E-state index contributed by atoms with van der Waals surface area (Å²) < 4.78 is 1.83. The van der Waals surface area contributed by atoms with E-state index in [4.69, 9.17) is 0 Å². The van der Waals surface area contributed by atoms with E-state index in [-0.39, 0.29) is 0 Å². The van der Waals surface area contributed by atoms with Gasteiger partial charge in [0, 0.05) is 24.3 Å². The van der Waals surface area contributed by atoms with Crippen molar-refractivity contribution in [2.45, 2.75) is 20.3 Å². The van der Waals surface area contributed by atoms with Crippen LogP contribution in [0.2, 0.25) is 0 Å². The summed E-state index contributed by atoms with van der Waals surface area (Å²) in [4.78, 5) is 10.9. The molecule has 2 aromatic heterocycles. The molecule has 3 rings (SSSR count). The van der Waals surface area contributed by atoms with E-state index in [0.29, 0.717) is 5.78 Å². The minimum Gasteiger partial charge on any atom is -0.356 e. The van der Waals surface area contributed by atoms with Gasteiger partial charge in [-0.3, -0.25) is 0 Å². The van der Waals surface area contributed by atoms with Crippen LogP contribution in [0, 0.1) is 13.8 Å². The number of fused-ring (bicyclic) bond motifs is 1. The van der Waals surface area contributed by atoms with Crippen LogP contribution < -0.4 is 4.90 Å². The summed E-state index contributed by atoms with van der Waals surface area (Å²) >= 11 is 0. The molecular weight excluding hydrogens is 190 g/mol. The van der Waals surface area contributed by atoms with Gasteiger partial charge >= 0.3 is 0 Å². The summed E-state index contributed by atoms with van der Waals surface area (Å²) in [7, 11) is 0. The zero-order valence-corrected chi connectivity index (χ0v) is 8.93. The summed E-state index contributed by atoms with van der Waals surface area (Å²) in [5.74, 6) is 1.85. The highest BCUT2D eigenvalue weighted by molar-refractivity contribution is 5.55. The standard InChI is InChI=1S/C10H13N5/c1-7-8(2)13-10-11-6-12-15(10)9(7)14-4-3-5-14/h6H,3-5H2,1-2H3. The van der Waals surface area contributed by atoms with Crippen molar-refractivity contribution in [3.63, 3.8) is 0 Å². The lowest BCUT2D eigenvalue weighted by Crippen LogP contribution is -2.39. The number of anilines is 1. The third-order valence-corrected chi connectivity index (χ3v) is 3.03. The highest BCUT2D eigenvalue weighted by atomic mass is 15.4. The van der Waals surface area contributed by atoms with Crippen LogP contribution in [0.3, 0.4) is 0 Å². The maximum Gasteiger partial charge on any atom is 0.254 e. The van der Waals surface area contributed by atoms with E-state index >= 15 is 0 Å². The molecule has 5 nitrogen and oxygen atoms in total. The Morgan fingerprint density at radius 3 is 2.73 bits per heavy atom. The van der Waals surface area contributed by atoms with E-state index in [2.05, 4.69) is 26.9 Å². The molecule has 0 spiro atoms. The molecule has 0 aromatic carbocycles. The summed E-state index contributed by atoms with van der Waals surface area (Å²) in [6.07, 6.45) is 2.82. The van der Waals surface area contributed by atoms with Crippen LogP contribution >= 0.6 is 0 Å². The first-order chi connectivity index (χ1) is 7.27. The fourth-order valence-corrected chi connectivity index (χ4v) is 1.91. The predicted molar refractivity (Wildman–Crippen MR) is 57.1 cm³/mol. The third kappa shape index (κ3) is 1.12. The Morgan fingerprint density at radius 2 is 2.07 bits per heavy atom. The van der Waals surface area contributed by atoms with Gasteiger partial charge in [0.1, 0.15) is 12.1 Å². The molecule has 0 aliphatic carbocycles. The lowest BCUT2D eigenvalue weighted by atomic mass is 10.1. The van der Waals surface area contributed by atoms with Gasteiger partial charge < -0.3 is 4.90 Å². The van der Waals surface area contributed by atoms with E-state index in [9.17, 15) is 0 Å². The zero-order chi connectivity index (χ0) is 10.4. The Kier molecular flexibility index (Phi) is 1.68. The van der Waals surface area contributed by atoms with Crippen molar-refractivity contribution in [2.24, 2.45) is 0 Å². The van der Waals surface area contributed by atoms with Gasteiger partial charge in [0.05, 0.1) is 0 Å².